The van der Waals surface area contributed by atoms with Gasteiger partial charge in [-0.15, -0.1) is 0 Å². The Morgan fingerprint density at radius 1 is 1.19 bits per heavy atom. The van der Waals surface area contributed by atoms with E-state index in [0.717, 1.165) is 20.9 Å². The van der Waals surface area contributed by atoms with Gasteiger partial charge in [-0.25, -0.2) is 0 Å². The number of nitrogens with one attached hydrogen (secondary N) is 1. The van der Waals surface area contributed by atoms with E-state index in [-0.39, 0.29) is 5.78 Å². The number of ether oxygens (including phenoxy) is 1. The van der Waals surface area contributed by atoms with E-state index in [1.54, 1.807) is 13.3 Å². The summed E-state index contributed by atoms with van der Waals surface area (Å²) >= 11 is 3.40. The first kappa shape index (κ1) is 13.9. The van der Waals surface area contributed by atoms with E-state index in [4.69, 9.17) is 4.74 Å². The lowest BCUT2D eigenvalue weighted by Crippen LogP contribution is -2.03. The van der Waals surface area contributed by atoms with Gasteiger partial charge < -0.3 is 9.72 Å². The Balaban J connectivity index is 1.96. The number of fused-ring (bicyclic) bond motifs is 1. The minimum absolute atomic E-state index is 0.0769. The van der Waals surface area contributed by atoms with Crippen molar-refractivity contribution >= 4 is 32.6 Å². The van der Waals surface area contributed by atoms with Gasteiger partial charge in [0.25, 0.3) is 0 Å². The lowest BCUT2D eigenvalue weighted by molar-refractivity contribution is 0.0994. The molecule has 3 aromatic rings. The number of aromatic nitrogens is 1. The molecule has 0 aliphatic rings. The fourth-order valence-corrected chi connectivity index (χ4v) is 2.69. The highest BCUT2D eigenvalue weighted by atomic mass is 79.9. The number of H-pyrrole nitrogens is 1. The average molecular weight is 344 g/mol. The molecule has 3 nitrogen and oxygen atoms in total. The summed E-state index contributed by atoms with van der Waals surface area (Å²) in [5.41, 5.74) is 2.58. The molecule has 106 valence electrons. The number of methoxy groups -OCH3 is 1. The average Bonchev–Trinajstić information content (AvgIpc) is 2.93. The van der Waals surface area contributed by atoms with E-state index in [2.05, 4.69) is 20.9 Å². The highest BCUT2D eigenvalue weighted by Crippen LogP contribution is 2.29. The Hall–Kier alpha value is -2.07. The standard InChI is InChI=1S/C17H14BrNO2/c1-21-16-4-2-3-14-17(16)13(10-19-14)15(20)9-11-5-7-12(18)8-6-11/h2-8,10,19H,9H2,1H3. The van der Waals surface area contributed by atoms with Gasteiger partial charge in [-0.05, 0) is 29.8 Å². The number of halogens is 1. The van der Waals surface area contributed by atoms with Gasteiger partial charge in [0.2, 0.25) is 0 Å². The maximum atomic E-state index is 12.6. The zero-order valence-electron chi connectivity index (χ0n) is 11.5. The summed E-state index contributed by atoms with van der Waals surface area (Å²) in [7, 11) is 1.62. The molecule has 0 bridgehead atoms. The predicted molar refractivity (Wildman–Crippen MR) is 87.0 cm³/mol. The van der Waals surface area contributed by atoms with Crippen LogP contribution in [0.25, 0.3) is 10.9 Å². The second-order valence-corrected chi connectivity index (χ2v) is 5.73. The van der Waals surface area contributed by atoms with Gasteiger partial charge in [0.1, 0.15) is 5.75 Å². The van der Waals surface area contributed by atoms with Crippen LogP contribution in [0, 0.1) is 0 Å². The molecule has 2 aromatic carbocycles. The van der Waals surface area contributed by atoms with E-state index >= 15 is 0 Å². The number of hydrogen-bond acceptors (Lipinski definition) is 2. The summed E-state index contributed by atoms with van der Waals surface area (Å²) < 4.78 is 6.37. The summed E-state index contributed by atoms with van der Waals surface area (Å²) in [4.78, 5) is 15.7. The van der Waals surface area contributed by atoms with Crippen molar-refractivity contribution in [3.05, 3.63) is 64.3 Å². The molecule has 0 aliphatic carbocycles. The van der Waals surface area contributed by atoms with Crippen molar-refractivity contribution in [2.75, 3.05) is 7.11 Å². The highest BCUT2D eigenvalue weighted by Gasteiger charge is 2.15. The minimum atomic E-state index is 0.0769. The zero-order chi connectivity index (χ0) is 14.8. The lowest BCUT2D eigenvalue weighted by atomic mass is 10.0. The van der Waals surface area contributed by atoms with Crippen LogP contribution >= 0.6 is 15.9 Å². The molecule has 1 heterocycles. The number of carbonyl (C=O) groups excluding carboxylic acids is 1. The second kappa shape index (κ2) is 5.74. The van der Waals surface area contributed by atoms with Gasteiger partial charge in [0.15, 0.2) is 5.78 Å². The van der Waals surface area contributed by atoms with Crippen molar-refractivity contribution in [2.45, 2.75) is 6.42 Å². The quantitative estimate of drug-likeness (QED) is 0.715. The third-order valence-electron chi connectivity index (χ3n) is 3.47. The Bertz CT molecular complexity index is 790. The normalized spacial score (nSPS) is 10.8. The monoisotopic (exact) mass is 343 g/mol. The molecule has 0 amide bonds. The zero-order valence-corrected chi connectivity index (χ0v) is 13.1. The van der Waals surface area contributed by atoms with Crippen LogP contribution in [0.15, 0.2) is 53.1 Å². The van der Waals surface area contributed by atoms with Crippen LogP contribution in [0.5, 0.6) is 5.75 Å². The molecule has 1 N–H and O–H groups in total. The van der Waals surface area contributed by atoms with Crippen LogP contribution in [-0.2, 0) is 6.42 Å². The Labute approximate surface area is 131 Å². The topological polar surface area (TPSA) is 42.1 Å². The van der Waals surface area contributed by atoms with Crippen LogP contribution < -0.4 is 4.74 Å². The predicted octanol–water partition coefficient (Wildman–Crippen LogP) is 4.36. The van der Waals surface area contributed by atoms with E-state index in [1.807, 2.05) is 42.5 Å². The van der Waals surface area contributed by atoms with Crippen molar-refractivity contribution in [3.63, 3.8) is 0 Å². The van der Waals surface area contributed by atoms with Crippen molar-refractivity contribution in [1.29, 1.82) is 0 Å². The fourth-order valence-electron chi connectivity index (χ4n) is 2.42. The number of rotatable bonds is 4. The third kappa shape index (κ3) is 2.72. The number of ketones is 1. The molecule has 21 heavy (non-hydrogen) atoms. The Morgan fingerprint density at radius 2 is 1.95 bits per heavy atom. The summed E-state index contributed by atoms with van der Waals surface area (Å²) in [6.07, 6.45) is 2.13. The van der Waals surface area contributed by atoms with Crippen LogP contribution in [0.3, 0.4) is 0 Å². The van der Waals surface area contributed by atoms with Crippen molar-refractivity contribution in [3.8, 4) is 5.75 Å². The first-order chi connectivity index (χ1) is 10.2. The van der Waals surface area contributed by atoms with Crippen LogP contribution in [0.1, 0.15) is 15.9 Å². The molecule has 0 unspecified atom stereocenters. The van der Waals surface area contributed by atoms with Crippen molar-refractivity contribution in [1.82, 2.24) is 4.98 Å². The molecule has 0 aliphatic heterocycles. The number of carbonyl (C=O) groups is 1. The second-order valence-electron chi connectivity index (χ2n) is 4.81. The molecule has 4 heteroatoms. The molecular weight excluding hydrogens is 330 g/mol. The molecule has 0 atom stereocenters. The van der Waals surface area contributed by atoms with Crippen molar-refractivity contribution in [2.24, 2.45) is 0 Å². The molecule has 0 saturated carbocycles. The van der Waals surface area contributed by atoms with Crippen LogP contribution in [-0.4, -0.2) is 17.9 Å². The first-order valence-corrected chi connectivity index (χ1v) is 7.40. The SMILES string of the molecule is COc1cccc2[nH]cc(C(=O)Cc3ccc(Br)cc3)c12. The van der Waals surface area contributed by atoms with E-state index in [0.29, 0.717) is 17.7 Å². The minimum Gasteiger partial charge on any atom is -0.496 e. The van der Waals surface area contributed by atoms with Gasteiger partial charge in [-0.2, -0.15) is 0 Å². The molecular formula is C17H14BrNO2. The Morgan fingerprint density at radius 3 is 2.67 bits per heavy atom. The van der Waals surface area contributed by atoms with Gasteiger partial charge in [0.05, 0.1) is 12.5 Å². The molecule has 0 spiro atoms. The summed E-state index contributed by atoms with van der Waals surface area (Å²) in [6, 6.07) is 13.5. The summed E-state index contributed by atoms with van der Waals surface area (Å²) in [5.74, 6) is 0.793. The number of Topliss-reactive ketones (excluding diaryl/α,β-unsaturated/α-hetero) is 1. The summed E-state index contributed by atoms with van der Waals surface area (Å²) in [6.45, 7) is 0. The first-order valence-electron chi connectivity index (χ1n) is 6.61. The van der Waals surface area contributed by atoms with Gasteiger partial charge in [0, 0.05) is 28.2 Å². The molecule has 1 aromatic heterocycles. The number of hydrogen-bond donors (Lipinski definition) is 1. The molecule has 0 radical (unpaired) electrons. The van der Waals surface area contributed by atoms with Crippen LogP contribution in [0.2, 0.25) is 0 Å². The Kier molecular flexibility index (Phi) is 3.80. The van der Waals surface area contributed by atoms with E-state index < -0.39 is 0 Å². The lowest BCUT2D eigenvalue weighted by Gasteiger charge is -2.05. The van der Waals surface area contributed by atoms with Gasteiger partial charge in [-0.1, -0.05) is 34.1 Å². The summed E-state index contributed by atoms with van der Waals surface area (Å²) in [5, 5.41) is 0.849. The number of benzene rings is 2. The third-order valence-corrected chi connectivity index (χ3v) is 3.99. The van der Waals surface area contributed by atoms with Gasteiger partial charge in [-0.3, -0.25) is 4.79 Å². The van der Waals surface area contributed by atoms with Gasteiger partial charge >= 0.3 is 0 Å². The highest BCUT2D eigenvalue weighted by molar-refractivity contribution is 9.10. The van der Waals surface area contributed by atoms with Crippen LogP contribution in [0.4, 0.5) is 0 Å². The largest absolute Gasteiger partial charge is 0.496 e. The van der Waals surface area contributed by atoms with Crippen molar-refractivity contribution < 1.29 is 9.53 Å². The molecule has 3 rings (SSSR count). The van der Waals surface area contributed by atoms with E-state index in [9.17, 15) is 4.79 Å². The van der Waals surface area contributed by atoms with E-state index in [1.165, 1.54) is 0 Å². The fraction of sp³-hybridized carbons (Fsp3) is 0.118. The maximum Gasteiger partial charge on any atom is 0.169 e. The smallest absolute Gasteiger partial charge is 0.169 e. The molecule has 0 fully saturated rings. The molecule has 0 saturated heterocycles. The number of aromatic amines is 1. The maximum absolute atomic E-state index is 12.6.